The van der Waals surface area contributed by atoms with Gasteiger partial charge in [-0.2, -0.15) is 0 Å². The summed E-state index contributed by atoms with van der Waals surface area (Å²) in [5, 5.41) is 2.28. The maximum absolute atomic E-state index is 12.3. The molecule has 1 unspecified atom stereocenters. The summed E-state index contributed by atoms with van der Waals surface area (Å²) in [7, 11) is 1.67. The van der Waals surface area contributed by atoms with Crippen LogP contribution in [-0.4, -0.2) is 44.2 Å². The molecule has 1 fully saturated rings. The van der Waals surface area contributed by atoms with Crippen LogP contribution in [0.4, 0.5) is 0 Å². The zero-order valence-corrected chi connectivity index (χ0v) is 14.7. The number of methoxy groups -OCH3 is 1. The molecule has 1 saturated heterocycles. The van der Waals surface area contributed by atoms with Gasteiger partial charge in [-0.25, -0.2) is 0 Å². The topological polar surface area (TPSA) is 64.8 Å². The first-order valence-corrected chi connectivity index (χ1v) is 8.88. The number of nitrogens with two attached hydrogens (primary N) is 1. The third kappa shape index (κ3) is 4.30. The standard InChI is InChI=1S/C20H26N2O3/c1-24-18-8-7-15-12-17(6-5-16(15)13-18)19-14-22(10-11-25-19)20(23)4-2-3-9-21/h5-8,12-13,19H,2-4,9-11,14,21H2,1H3. The van der Waals surface area contributed by atoms with Crippen molar-refractivity contribution in [2.24, 2.45) is 5.73 Å². The number of benzene rings is 2. The molecule has 0 spiro atoms. The Morgan fingerprint density at radius 1 is 1.24 bits per heavy atom. The van der Waals surface area contributed by atoms with E-state index in [4.69, 9.17) is 15.2 Å². The molecular weight excluding hydrogens is 316 g/mol. The lowest BCUT2D eigenvalue weighted by atomic mass is 10.0. The van der Waals surface area contributed by atoms with Crippen LogP contribution < -0.4 is 10.5 Å². The molecule has 0 aromatic heterocycles. The third-order valence-corrected chi connectivity index (χ3v) is 4.71. The highest BCUT2D eigenvalue weighted by Crippen LogP contribution is 2.28. The smallest absolute Gasteiger partial charge is 0.222 e. The first kappa shape index (κ1) is 17.7. The molecule has 1 amide bonds. The highest BCUT2D eigenvalue weighted by molar-refractivity contribution is 5.84. The highest BCUT2D eigenvalue weighted by Gasteiger charge is 2.25. The Labute approximate surface area is 148 Å². The number of amides is 1. The van der Waals surface area contributed by atoms with Crippen LogP contribution in [0.1, 0.15) is 30.9 Å². The second-order valence-electron chi connectivity index (χ2n) is 6.42. The van der Waals surface area contributed by atoms with Crippen molar-refractivity contribution in [1.29, 1.82) is 0 Å². The fourth-order valence-corrected chi connectivity index (χ4v) is 3.23. The van der Waals surface area contributed by atoms with Crippen LogP contribution in [0, 0.1) is 0 Å². The number of morpholine rings is 1. The van der Waals surface area contributed by atoms with E-state index in [1.807, 2.05) is 17.0 Å². The van der Waals surface area contributed by atoms with Gasteiger partial charge < -0.3 is 20.1 Å². The molecule has 1 atom stereocenters. The van der Waals surface area contributed by atoms with E-state index in [9.17, 15) is 4.79 Å². The van der Waals surface area contributed by atoms with Crippen molar-refractivity contribution in [3.05, 3.63) is 42.0 Å². The number of unbranched alkanes of at least 4 members (excludes halogenated alkanes) is 1. The SMILES string of the molecule is COc1ccc2cc(C3CN(C(=O)CCCCN)CCO3)ccc2c1. The maximum atomic E-state index is 12.3. The minimum atomic E-state index is -0.0706. The number of rotatable bonds is 6. The number of carbonyl (C=O) groups is 1. The van der Waals surface area contributed by atoms with Crippen molar-refractivity contribution in [3.8, 4) is 5.75 Å². The summed E-state index contributed by atoms with van der Waals surface area (Å²) >= 11 is 0. The van der Waals surface area contributed by atoms with Gasteiger partial charge in [0.1, 0.15) is 11.9 Å². The molecule has 1 aliphatic heterocycles. The zero-order valence-electron chi connectivity index (χ0n) is 14.7. The van der Waals surface area contributed by atoms with E-state index in [1.165, 1.54) is 0 Å². The van der Waals surface area contributed by atoms with Crippen molar-refractivity contribution in [2.45, 2.75) is 25.4 Å². The van der Waals surface area contributed by atoms with E-state index >= 15 is 0 Å². The second-order valence-corrected chi connectivity index (χ2v) is 6.42. The fourth-order valence-electron chi connectivity index (χ4n) is 3.23. The monoisotopic (exact) mass is 342 g/mol. The molecule has 2 aromatic rings. The second kappa shape index (κ2) is 8.32. The van der Waals surface area contributed by atoms with Crippen LogP contribution in [0.3, 0.4) is 0 Å². The van der Waals surface area contributed by atoms with Gasteiger partial charge in [-0.05, 0) is 53.9 Å². The summed E-state index contributed by atoms with van der Waals surface area (Å²) in [6.07, 6.45) is 2.25. The van der Waals surface area contributed by atoms with Crippen molar-refractivity contribution < 1.29 is 14.3 Å². The van der Waals surface area contributed by atoms with Crippen molar-refractivity contribution in [2.75, 3.05) is 33.4 Å². The van der Waals surface area contributed by atoms with Crippen LogP contribution in [0.5, 0.6) is 5.75 Å². The molecule has 3 rings (SSSR count). The molecule has 5 nitrogen and oxygen atoms in total. The molecule has 0 saturated carbocycles. The quantitative estimate of drug-likeness (QED) is 0.820. The van der Waals surface area contributed by atoms with Gasteiger partial charge in [-0.3, -0.25) is 4.79 Å². The van der Waals surface area contributed by atoms with Gasteiger partial charge in [0.25, 0.3) is 0 Å². The van der Waals surface area contributed by atoms with Crippen molar-refractivity contribution >= 4 is 16.7 Å². The molecule has 1 aliphatic rings. The minimum absolute atomic E-state index is 0.0706. The first-order chi connectivity index (χ1) is 12.2. The lowest BCUT2D eigenvalue weighted by Gasteiger charge is -2.33. The average Bonchev–Trinajstić information content (AvgIpc) is 2.67. The van der Waals surface area contributed by atoms with Crippen molar-refractivity contribution in [1.82, 2.24) is 4.90 Å². The molecule has 2 aromatic carbocycles. The van der Waals surface area contributed by atoms with Crippen LogP contribution in [0.15, 0.2) is 36.4 Å². The van der Waals surface area contributed by atoms with E-state index in [1.54, 1.807) is 7.11 Å². The Kier molecular flexibility index (Phi) is 5.89. The molecule has 2 N–H and O–H groups in total. The average molecular weight is 342 g/mol. The predicted molar refractivity (Wildman–Crippen MR) is 98.7 cm³/mol. The fraction of sp³-hybridized carbons (Fsp3) is 0.450. The summed E-state index contributed by atoms with van der Waals surface area (Å²) in [5.74, 6) is 1.05. The summed E-state index contributed by atoms with van der Waals surface area (Å²) < 4.78 is 11.2. The minimum Gasteiger partial charge on any atom is -0.497 e. The number of carbonyl (C=O) groups excluding carboxylic acids is 1. The molecule has 25 heavy (non-hydrogen) atoms. The van der Waals surface area contributed by atoms with Crippen molar-refractivity contribution in [3.63, 3.8) is 0 Å². The lowest BCUT2D eigenvalue weighted by Crippen LogP contribution is -2.42. The van der Waals surface area contributed by atoms with Crippen LogP contribution >= 0.6 is 0 Å². The number of fused-ring (bicyclic) bond motifs is 1. The first-order valence-electron chi connectivity index (χ1n) is 8.88. The van der Waals surface area contributed by atoms with Crippen LogP contribution in [0.25, 0.3) is 10.8 Å². The van der Waals surface area contributed by atoms with Gasteiger partial charge in [0.15, 0.2) is 0 Å². The summed E-state index contributed by atoms with van der Waals surface area (Å²) in [6.45, 7) is 2.50. The Morgan fingerprint density at radius 3 is 2.84 bits per heavy atom. The number of nitrogens with zero attached hydrogens (tertiary/aromatic N) is 1. The molecule has 5 heteroatoms. The third-order valence-electron chi connectivity index (χ3n) is 4.71. The highest BCUT2D eigenvalue weighted by atomic mass is 16.5. The maximum Gasteiger partial charge on any atom is 0.222 e. The van der Waals surface area contributed by atoms with E-state index in [-0.39, 0.29) is 12.0 Å². The lowest BCUT2D eigenvalue weighted by molar-refractivity contribution is -0.139. The predicted octanol–water partition coefficient (Wildman–Crippen LogP) is 2.88. The Hall–Kier alpha value is -2.11. The molecule has 1 heterocycles. The van der Waals surface area contributed by atoms with Gasteiger partial charge in [0, 0.05) is 13.0 Å². The molecule has 0 aliphatic carbocycles. The summed E-state index contributed by atoms with van der Waals surface area (Å²) in [5.41, 5.74) is 6.61. The molecular formula is C20H26N2O3. The summed E-state index contributed by atoms with van der Waals surface area (Å²) in [6, 6.07) is 12.3. The van der Waals surface area contributed by atoms with Gasteiger partial charge in [-0.1, -0.05) is 18.2 Å². The Bertz CT molecular complexity index is 732. The Morgan fingerprint density at radius 2 is 2.04 bits per heavy atom. The van der Waals surface area contributed by atoms with Gasteiger partial charge in [0.05, 0.1) is 20.3 Å². The van der Waals surface area contributed by atoms with Gasteiger partial charge in [-0.15, -0.1) is 0 Å². The van der Waals surface area contributed by atoms with E-state index in [2.05, 4.69) is 24.3 Å². The Balaban J connectivity index is 1.70. The normalized spacial score (nSPS) is 17.7. The van der Waals surface area contributed by atoms with E-state index in [0.29, 0.717) is 32.7 Å². The largest absolute Gasteiger partial charge is 0.497 e. The van der Waals surface area contributed by atoms with E-state index in [0.717, 1.165) is 34.9 Å². The van der Waals surface area contributed by atoms with E-state index < -0.39 is 0 Å². The molecule has 134 valence electrons. The number of ether oxygens (including phenoxy) is 2. The van der Waals surface area contributed by atoms with Crippen LogP contribution in [-0.2, 0) is 9.53 Å². The number of hydrogen-bond donors (Lipinski definition) is 1. The number of hydrogen-bond acceptors (Lipinski definition) is 4. The molecule has 0 bridgehead atoms. The zero-order chi connectivity index (χ0) is 17.6. The van der Waals surface area contributed by atoms with Gasteiger partial charge in [0.2, 0.25) is 5.91 Å². The molecule has 0 radical (unpaired) electrons. The van der Waals surface area contributed by atoms with Gasteiger partial charge >= 0.3 is 0 Å². The van der Waals surface area contributed by atoms with Crippen LogP contribution in [0.2, 0.25) is 0 Å². The summed E-state index contributed by atoms with van der Waals surface area (Å²) in [4.78, 5) is 14.3.